The van der Waals surface area contributed by atoms with E-state index in [-0.39, 0.29) is 5.97 Å². The molecule has 120 valence electrons. The summed E-state index contributed by atoms with van der Waals surface area (Å²) in [6.45, 7) is 11.6. The van der Waals surface area contributed by atoms with E-state index >= 15 is 0 Å². The van der Waals surface area contributed by atoms with Crippen molar-refractivity contribution in [3.05, 3.63) is 12.7 Å². The molecule has 5 nitrogen and oxygen atoms in total. The zero-order valence-electron chi connectivity index (χ0n) is 13.6. The summed E-state index contributed by atoms with van der Waals surface area (Å²) in [6.07, 6.45) is 4.21. The number of carbonyl (C=O) groups excluding carboxylic acids is 2. The van der Waals surface area contributed by atoms with Gasteiger partial charge in [0.05, 0.1) is 6.61 Å². The minimum Gasteiger partial charge on any atom is -0.464 e. The van der Waals surface area contributed by atoms with Crippen LogP contribution >= 0.6 is 0 Å². The molecule has 1 rings (SSSR count). The third kappa shape index (κ3) is 4.76. The Bertz CT molecular complexity index is 400. The molecule has 0 aromatic rings. The standard InChI is InChI=1S/C16H27NO4/c1-6-7-12-20-13(18)16(5)10-8-9-11-17(16)14(19)21-15(2,3)4/h6H,1,7-12H2,2-5H3. The van der Waals surface area contributed by atoms with Crippen LogP contribution in [0.25, 0.3) is 0 Å². The number of nitrogens with zero attached hydrogens (tertiary/aromatic N) is 1. The number of esters is 1. The highest BCUT2D eigenvalue weighted by molar-refractivity contribution is 5.85. The van der Waals surface area contributed by atoms with E-state index in [1.807, 2.05) is 20.8 Å². The minimum absolute atomic E-state index is 0.292. The van der Waals surface area contributed by atoms with Crippen LogP contribution in [0.5, 0.6) is 0 Å². The highest BCUT2D eigenvalue weighted by atomic mass is 16.6. The zero-order chi connectivity index (χ0) is 16.1. The molecule has 0 aromatic heterocycles. The number of piperidine rings is 1. The van der Waals surface area contributed by atoms with Gasteiger partial charge in [0.1, 0.15) is 11.1 Å². The van der Waals surface area contributed by atoms with Crippen molar-refractivity contribution >= 4 is 12.1 Å². The molecular weight excluding hydrogens is 270 g/mol. The highest BCUT2D eigenvalue weighted by Crippen LogP contribution is 2.30. The van der Waals surface area contributed by atoms with Crippen molar-refractivity contribution in [1.82, 2.24) is 4.90 Å². The second-order valence-corrected chi connectivity index (χ2v) is 6.58. The van der Waals surface area contributed by atoms with Crippen LogP contribution in [0.15, 0.2) is 12.7 Å². The van der Waals surface area contributed by atoms with E-state index in [1.165, 1.54) is 4.90 Å². The van der Waals surface area contributed by atoms with Gasteiger partial charge in [-0.3, -0.25) is 4.90 Å². The van der Waals surface area contributed by atoms with E-state index in [2.05, 4.69) is 6.58 Å². The smallest absolute Gasteiger partial charge is 0.411 e. The number of amides is 1. The second kappa shape index (κ2) is 6.96. The van der Waals surface area contributed by atoms with Crippen LogP contribution in [0, 0.1) is 0 Å². The molecule has 21 heavy (non-hydrogen) atoms. The molecule has 0 radical (unpaired) electrons. The van der Waals surface area contributed by atoms with E-state index < -0.39 is 17.2 Å². The van der Waals surface area contributed by atoms with Gasteiger partial charge in [0.2, 0.25) is 0 Å². The third-order valence-corrected chi connectivity index (χ3v) is 3.50. The molecule has 1 aliphatic heterocycles. The summed E-state index contributed by atoms with van der Waals surface area (Å²) in [4.78, 5) is 26.2. The fourth-order valence-electron chi connectivity index (χ4n) is 2.33. The average molecular weight is 297 g/mol. The molecule has 1 heterocycles. The normalized spacial score (nSPS) is 22.6. The molecule has 1 unspecified atom stereocenters. The van der Waals surface area contributed by atoms with Crippen molar-refractivity contribution in [3.63, 3.8) is 0 Å². The topological polar surface area (TPSA) is 55.8 Å². The van der Waals surface area contributed by atoms with Crippen molar-refractivity contribution in [1.29, 1.82) is 0 Å². The molecule has 0 bridgehead atoms. The predicted octanol–water partition coefficient (Wildman–Crippen LogP) is 3.29. The lowest BCUT2D eigenvalue weighted by atomic mass is 9.89. The van der Waals surface area contributed by atoms with Crippen LogP contribution in [0.1, 0.15) is 53.4 Å². The quantitative estimate of drug-likeness (QED) is 0.454. The number of hydrogen-bond donors (Lipinski definition) is 0. The summed E-state index contributed by atoms with van der Waals surface area (Å²) in [7, 11) is 0. The highest BCUT2D eigenvalue weighted by Gasteiger charge is 2.46. The fraction of sp³-hybridized carbons (Fsp3) is 0.750. The van der Waals surface area contributed by atoms with Gasteiger partial charge in [-0.2, -0.15) is 0 Å². The lowest BCUT2D eigenvalue weighted by Crippen LogP contribution is -2.59. The van der Waals surface area contributed by atoms with Crippen molar-refractivity contribution in [3.8, 4) is 0 Å². The monoisotopic (exact) mass is 297 g/mol. The number of hydrogen-bond acceptors (Lipinski definition) is 4. The summed E-state index contributed by atoms with van der Waals surface area (Å²) in [5.74, 6) is -0.366. The molecule has 0 N–H and O–H groups in total. The van der Waals surface area contributed by atoms with Crippen molar-refractivity contribution in [2.24, 2.45) is 0 Å². The van der Waals surface area contributed by atoms with Gasteiger partial charge < -0.3 is 9.47 Å². The zero-order valence-corrected chi connectivity index (χ0v) is 13.6. The Morgan fingerprint density at radius 2 is 2.00 bits per heavy atom. The molecule has 5 heteroatoms. The van der Waals surface area contributed by atoms with E-state index in [4.69, 9.17) is 9.47 Å². The second-order valence-electron chi connectivity index (χ2n) is 6.58. The first kappa shape index (κ1) is 17.5. The number of likely N-dealkylation sites (tertiary alicyclic amines) is 1. The Kier molecular flexibility index (Phi) is 5.81. The summed E-state index contributed by atoms with van der Waals surface area (Å²) in [5.41, 5.74) is -1.52. The van der Waals surface area contributed by atoms with Gasteiger partial charge in [-0.05, 0) is 53.4 Å². The van der Waals surface area contributed by atoms with E-state index in [0.29, 0.717) is 26.0 Å². The van der Waals surface area contributed by atoms with Gasteiger partial charge in [-0.1, -0.05) is 6.08 Å². The van der Waals surface area contributed by atoms with E-state index in [9.17, 15) is 9.59 Å². The van der Waals surface area contributed by atoms with Crippen LogP contribution in [0.4, 0.5) is 4.79 Å². The van der Waals surface area contributed by atoms with Gasteiger partial charge in [0.15, 0.2) is 0 Å². The lowest BCUT2D eigenvalue weighted by molar-refractivity contribution is -0.159. The number of ether oxygens (including phenoxy) is 2. The SMILES string of the molecule is C=CCCOC(=O)C1(C)CCCCN1C(=O)OC(C)(C)C. The van der Waals surface area contributed by atoms with Crippen molar-refractivity contribution < 1.29 is 19.1 Å². The first-order valence-corrected chi connectivity index (χ1v) is 7.49. The Morgan fingerprint density at radius 1 is 1.33 bits per heavy atom. The Morgan fingerprint density at radius 3 is 2.57 bits per heavy atom. The van der Waals surface area contributed by atoms with Gasteiger partial charge >= 0.3 is 12.1 Å². The maximum absolute atomic E-state index is 12.4. The molecule has 1 atom stereocenters. The summed E-state index contributed by atoms with van der Waals surface area (Å²) < 4.78 is 10.7. The van der Waals surface area contributed by atoms with Gasteiger partial charge in [0.25, 0.3) is 0 Å². The maximum Gasteiger partial charge on any atom is 0.411 e. The van der Waals surface area contributed by atoms with Crippen LogP contribution in [0.2, 0.25) is 0 Å². The fourth-order valence-corrected chi connectivity index (χ4v) is 2.33. The molecule has 0 aromatic carbocycles. The van der Waals surface area contributed by atoms with Crippen molar-refractivity contribution in [2.75, 3.05) is 13.2 Å². The Balaban J connectivity index is 2.81. The van der Waals surface area contributed by atoms with Gasteiger partial charge in [0, 0.05) is 6.54 Å². The Hall–Kier alpha value is -1.52. The molecule has 1 saturated heterocycles. The average Bonchev–Trinajstić information content (AvgIpc) is 2.37. The minimum atomic E-state index is -0.943. The number of rotatable bonds is 4. The molecule has 1 amide bonds. The number of carbonyl (C=O) groups is 2. The Labute approximate surface area is 127 Å². The molecule has 0 spiro atoms. The van der Waals surface area contributed by atoms with Crippen molar-refractivity contribution in [2.45, 2.75) is 64.5 Å². The van der Waals surface area contributed by atoms with Crippen LogP contribution < -0.4 is 0 Å². The maximum atomic E-state index is 12.4. The van der Waals surface area contributed by atoms with Gasteiger partial charge in [-0.15, -0.1) is 6.58 Å². The summed E-state index contributed by atoms with van der Waals surface area (Å²) >= 11 is 0. The first-order valence-electron chi connectivity index (χ1n) is 7.49. The summed E-state index contributed by atoms with van der Waals surface area (Å²) in [6, 6.07) is 0. The predicted molar refractivity (Wildman–Crippen MR) is 81.0 cm³/mol. The van der Waals surface area contributed by atoms with E-state index in [0.717, 1.165) is 12.8 Å². The molecule has 0 saturated carbocycles. The third-order valence-electron chi connectivity index (χ3n) is 3.50. The molecular formula is C16H27NO4. The van der Waals surface area contributed by atoms with Crippen LogP contribution in [-0.2, 0) is 14.3 Å². The molecule has 1 fully saturated rings. The van der Waals surface area contributed by atoms with Gasteiger partial charge in [-0.25, -0.2) is 9.59 Å². The molecule has 0 aliphatic carbocycles. The lowest BCUT2D eigenvalue weighted by Gasteiger charge is -2.42. The summed E-state index contributed by atoms with van der Waals surface area (Å²) in [5, 5.41) is 0. The van der Waals surface area contributed by atoms with Crippen LogP contribution in [0.3, 0.4) is 0 Å². The molecule has 1 aliphatic rings. The van der Waals surface area contributed by atoms with E-state index in [1.54, 1.807) is 13.0 Å². The van der Waals surface area contributed by atoms with Crippen LogP contribution in [-0.4, -0.2) is 41.3 Å². The first-order chi connectivity index (χ1) is 9.70. The largest absolute Gasteiger partial charge is 0.464 e.